The zero-order chi connectivity index (χ0) is 26.2. The van der Waals surface area contributed by atoms with Crippen molar-refractivity contribution < 1.29 is 42.6 Å². The third-order valence-electron chi connectivity index (χ3n) is 6.68. The van der Waals surface area contributed by atoms with Crippen molar-refractivity contribution >= 4 is 34.8 Å². The van der Waals surface area contributed by atoms with E-state index in [1.165, 1.54) is 6.07 Å². The minimum Gasteiger partial charge on any atom is -0.428 e. The van der Waals surface area contributed by atoms with Gasteiger partial charge in [0.2, 0.25) is 11.5 Å². The monoisotopic (exact) mass is 506 g/mol. The predicted octanol–water partition coefficient (Wildman–Crippen LogP) is 1.96. The molecule has 5 unspecified atom stereocenters. The van der Waals surface area contributed by atoms with Gasteiger partial charge in [0, 0.05) is 6.54 Å². The first-order valence-corrected chi connectivity index (χ1v) is 11.6. The summed E-state index contributed by atoms with van der Waals surface area (Å²) in [7, 11) is 0. The van der Waals surface area contributed by atoms with E-state index in [1.54, 1.807) is 32.6 Å². The van der Waals surface area contributed by atoms with E-state index < -0.39 is 53.3 Å². The summed E-state index contributed by atoms with van der Waals surface area (Å²) < 4.78 is 37.5. The third kappa shape index (κ3) is 3.64. The summed E-state index contributed by atoms with van der Waals surface area (Å²) in [5.74, 6) is -1.77. The van der Waals surface area contributed by atoms with Crippen LogP contribution in [0.25, 0.3) is 11.0 Å². The number of aromatic nitrogens is 1. The molecule has 12 nitrogen and oxygen atoms in total. The highest BCUT2D eigenvalue weighted by atomic mass is 19.1. The van der Waals surface area contributed by atoms with Gasteiger partial charge in [0.1, 0.15) is 17.2 Å². The molecule has 3 amide bonds. The maximum atomic E-state index is 16.0. The second-order valence-corrected chi connectivity index (χ2v) is 10.4. The molecule has 13 heteroatoms. The van der Waals surface area contributed by atoms with Crippen molar-refractivity contribution in [2.75, 3.05) is 11.4 Å². The molecule has 1 aromatic heterocycles. The lowest BCUT2D eigenvalue weighted by Crippen LogP contribution is -2.76. The second-order valence-electron chi connectivity index (χ2n) is 10.4. The number of hydrogen-bond donors (Lipinski definition) is 3. The lowest BCUT2D eigenvalue weighted by Gasteiger charge is -2.57. The number of amides is 3. The van der Waals surface area contributed by atoms with Gasteiger partial charge in [0.15, 0.2) is 5.82 Å². The number of fused-ring (bicyclic) bond motifs is 5. The van der Waals surface area contributed by atoms with E-state index in [4.69, 9.17) is 18.7 Å². The average molecular weight is 506 g/mol. The van der Waals surface area contributed by atoms with Gasteiger partial charge >= 0.3 is 12.2 Å². The van der Waals surface area contributed by atoms with Crippen LogP contribution in [0.5, 0.6) is 5.88 Å². The number of morpholine rings is 1. The summed E-state index contributed by atoms with van der Waals surface area (Å²) in [4.78, 5) is 39.1. The molecule has 3 aliphatic heterocycles. The highest BCUT2D eigenvalue weighted by Gasteiger charge is 2.62. The molecule has 2 fully saturated rings. The molecular weight excluding hydrogens is 479 g/mol. The number of aliphatic hydroxyl groups is 1. The first-order chi connectivity index (χ1) is 16.8. The Bertz CT molecular complexity index is 1270. The number of imide groups is 1. The number of ether oxygens (including phenoxy) is 3. The summed E-state index contributed by atoms with van der Waals surface area (Å²) in [6.45, 7) is 8.72. The zero-order valence-electron chi connectivity index (χ0n) is 20.4. The lowest BCUT2D eigenvalue weighted by molar-refractivity contribution is -0.155. The van der Waals surface area contributed by atoms with Crippen LogP contribution in [0.2, 0.25) is 0 Å². The number of benzene rings is 1. The molecule has 0 bridgehead atoms. The maximum Gasteiger partial charge on any atom is 0.515 e. The number of nitrogens with zero attached hydrogens (tertiary/aromatic N) is 2. The molecular formula is C23H27FN4O8. The van der Waals surface area contributed by atoms with Gasteiger partial charge in [0.25, 0.3) is 5.88 Å². The number of carbonyl (C=O) groups excluding carboxylic acids is 3. The molecule has 5 rings (SSSR count). The van der Waals surface area contributed by atoms with Gasteiger partial charge in [-0.25, -0.2) is 14.0 Å². The molecule has 1 spiro atoms. The number of urea groups is 1. The third-order valence-corrected chi connectivity index (χ3v) is 6.68. The molecule has 3 aliphatic rings. The van der Waals surface area contributed by atoms with Crippen LogP contribution in [0.1, 0.15) is 40.2 Å². The van der Waals surface area contributed by atoms with E-state index in [0.717, 1.165) is 0 Å². The molecule has 4 heterocycles. The molecule has 5 atom stereocenters. The largest absolute Gasteiger partial charge is 0.515 e. The Morgan fingerprint density at radius 1 is 1.33 bits per heavy atom. The minimum absolute atomic E-state index is 0.0507. The molecule has 0 aliphatic carbocycles. The summed E-state index contributed by atoms with van der Waals surface area (Å²) >= 11 is 0. The number of aliphatic hydroxyl groups excluding tert-OH is 1. The Morgan fingerprint density at radius 3 is 2.72 bits per heavy atom. The van der Waals surface area contributed by atoms with Crippen LogP contribution in [0.4, 0.5) is 19.7 Å². The number of hydrogen-bond acceptors (Lipinski definition) is 10. The van der Waals surface area contributed by atoms with Crippen molar-refractivity contribution in [3.63, 3.8) is 0 Å². The van der Waals surface area contributed by atoms with Crippen LogP contribution in [0.15, 0.2) is 10.6 Å². The Hall–Kier alpha value is -3.45. The SMILES string of the molecule is CC1CN2c3c(cc4c(OC(=O)OC(C)(C)C)noc4c3F)CC3(C(=O)NC(=O)NC3O)C2C(C)O1. The van der Waals surface area contributed by atoms with Crippen LogP contribution >= 0.6 is 0 Å². The highest BCUT2D eigenvalue weighted by Crippen LogP contribution is 2.50. The fourth-order valence-corrected chi connectivity index (χ4v) is 5.51. The molecule has 0 radical (unpaired) electrons. The van der Waals surface area contributed by atoms with Gasteiger partial charge in [0.05, 0.1) is 29.3 Å². The molecule has 3 N–H and O–H groups in total. The van der Waals surface area contributed by atoms with Crippen molar-refractivity contribution in [1.82, 2.24) is 15.8 Å². The van der Waals surface area contributed by atoms with Crippen LogP contribution < -0.4 is 20.3 Å². The smallest absolute Gasteiger partial charge is 0.428 e. The molecule has 36 heavy (non-hydrogen) atoms. The quantitative estimate of drug-likeness (QED) is 0.489. The van der Waals surface area contributed by atoms with Crippen LogP contribution in [-0.2, 0) is 20.7 Å². The van der Waals surface area contributed by atoms with E-state index in [1.807, 2.05) is 6.92 Å². The number of anilines is 1. The molecule has 2 aromatic rings. The average Bonchev–Trinajstić information content (AvgIpc) is 3.12. The fourth-order valence-electron chi connectivity index (χ4n) is 5.51. The topological polar surface area (TPSA) is 152 Å². The molecule has 0 saturated carbocycles. The van der Waals surface area contributed by atoms with E-state index in [-0.39, 0.29) is 41.6 Å². The summed E-state index contributed by atoms with van der Waals surface area (Å²) in [5, 5.41) is 19.4. The highest BCUT2D eigenvalue weighted by molar-refractivity contribution is 6.02. The molecule has 194 valence electrons. The lowest BCUT2D eigenvalue weighted by atomic mass is 9.66. The van der Waals surface area contributed by atoms with Gasteiger partial charge in [-0.15, -0.1) is 0 Å². The number of rotatable bonds is 1. The predicted molar refractivity (Wildman–Crippen MR) is 121 cm³/mol. The first kappa shape index (κ1) is 24.3. The van der Waals surface area contributed by atoms with Crippen molar-refractivity contribution in [1.29, 1.82) is 0 Å². The zero-order valence-corrected chi connectivity index (χ0v) is 20.4. The molecule has 2 saturated heterocycles. The Kier molecular flexibility index (Phi) is 5.41. The second kappa shape index (κ2) is 8.03. The van der Waals surface area contributed by atoms with Gasteiger partial charge in [-0.1, -0.05) is 0 Å². The van der Waals surface area contributed by atoms with Crippen LogP contribution in [-0.4, -0.2) is 65.0 Å². The van der Waals surface area contributed by atoms with Gasteiger partial charge < -0.3 is 34.1 Å². The Morgan fingerprint density at radius 2 is 2.06 bits per heavy atom. The summed E-state index contributed by atoms with van der Waals surface area (Å²) in [5.41, 5.74) is -2.17. The van der Waals surface area contributed by atoms with E-state index in [9.17, 15) is 19.5 Å². The normalized spacial score (nSPS) is 29.9. The van der Waals surface area contributed by atoms with Gasteiger partial charge in [-0.2, -0.15) is 0 Å². The first-order valence-electron chi connectivity index (χ1n) is 11.6. The van der Waals surface area contributed by atoms with Crippen molar-refractivity contribution in [2.45, 2.75) is 71.1 Å². The number of nitrogens with one attached hydrogen (secondary N) is 2. The Balaban J connectivity index is 1.65. The summed E-state index contributed by atoms with van der Waals surface area (Å²) in [6, 6.07) is -0.144. The van der Waals surface area contributed by atoms with E-state index in [0.29, 0.717) is 5.56 Å². The van der Waals surface area contributed by atoms with Crippen molar-refractivity contribution in [2.24, 2.45) is 5.41 Å². The molecule has 1 aromatic carbocycles. The Labute approximate surface area is 205 Å². The summed E-state index contributed by atoms with van der Waals surface area (Å²) in [6.07, 6.45) is -3.70. The van der Waals surface area contributed by atoms with Gasteiger partial charge in [-0.3, -0.25) is 10.1 Å². The minimum atomic E-state index is -1.59. The standard InChI is InChI=1S/C23H27FN4O8/c1-9-8-28-14-11(7-23(16(28)10(2)33-9)18(29)25-20(31)26-19(23)30)6-12-15(13(14)24)36-27-17(12)34-21(32)35-22(3,4)5/h6,9-10,16,18,29H,7-8H2,1-5H3,(H2,25,26,30,31). The maximum absolute atomic E-state index is 16.0. The number of carbonyl (C=O) groups is 3. The van der Waals surface area contributed by atoms with E-state index in [2.05, 4.69) is 15.8 Å². The van der Waals surface area contributed by atoms with Crippen molar-refractivity contribution in [3.05, 3.63) is 17.4 Å². The fraction of sp³-hybridized carbons (Fsp3) is 0.565. The number of halogens is 1. The van der Waals surface area contributed by atoms with Crippen molar-refractivity contribution in [3.8, 4) is 5.88 Å². The van der Waals surface area contributed by atoms with Crippen LogP contribution in [0.3, 0.4) is 0 Å². The van der Waals surface area contributed by atoms with Crippen LogP contribution in [0, 0.1) is 11.2 Å². The van der Waals surface area contributed by atoms with E-state index >= 15 is 4.39 Å². The van der Waals surface area contributed by atoms with Gasteiger partial charge in [-0.05, 0) is 57.8 Å².